The lowest BCUT2D eigenvalue weighted by atomic mass is 10.1. The molecule has 1 aliphatic heterocycles. The molecule has 1 unspecified atom stereocenters. The first-order valence-corrected chi connectivity index (χ1v) is 7.98. The smallest absolute Gasteiger partial charge is 0.263 e. The first-order valence-electron chi connectivity index (χ1n) is 7.10. The summed E-state index contributed by atoms with van der Waals surface area (Å²) in [7, 11) is 0. The molecular formula is C15H18N4OS. The minimum Gasteiger partial charge on any atom is -0.355 e. The normalized spacial score (nSPS) is 18.5. The molecule has 3 heterocycles. The summed E-state index contributed by atoms with van der Waals surface area (Å²) in [5, 5.41) is 3.10. The summed E-state index contributed by atoms with van der Waals surface area (Å²) in [6.07, 6.45) is 3.68. The van der Waals surface area contributed by atoms with Crippen molar-refractivity contribution in [3.63, 3.8) is 0 Å². The zero-order chi connectivity index (χ0) is 14.7. The van der Waals surface area contributed by atoms with Crippen LogP contribution in [0.4, 0.5) is 5.82 Å². The van der Waals surface area contributed by atoms with E-state index in [4.69, 9.17) is 0 Å². The van der Waals surface area contributed by atoms with Crippen molar-refractivity contribution in [2.75, 3.05) is 18.0 Å². The molecule has 2 aromatic rings. The number of anilines is 1. The van der Waals surface area contributed by atoms with Crippen LogP contribution in [0.2, 0.25) is 0 Å². The van der Waals surface area contributed by atoms with Gasteiger partial charge in [-0.1, -0.05) is 6.07 Å². The Morgan fingerprint density at radius 3 is 3.14 bits per heavy atom. The molecule has 0 aliphatic carbocycles. The van der Waals surface area contributed by atoms with Gasteiger partial charge in [0.2, 0.25) is 0 Å². The number of nitrogens with zero attached hydrogens (tertiary/aromatic N) is 3. The number of thiazole rings is 1. The summed E-state index contributed by atoms with van der Waals surface area (Å²) < 4.78 is 0. The zero-order valence-corrected chi connectivity index (χ0v) is 12.8. The molecule has 2 aromatic heterocycles. The van der Waals surface area contributed by atoms with Gasteiger partial charge in [0.1, 0.15) is 10.7 Å². The highest BCUT2D eigenvalue weighted by molar-refractivity contribution is 7.11. The molecular weight excluding hydrogens is 284 g/mol. The molecule has 0 spiro atoms. The van der Waals surface area contributed by atoms with Crippen LogP contribution in [-0.2, 0) is 0 Å². The third-order valence-electron chi connectivity index (χ3n) is 3.61. The predicted molar refractivity (Wildman–Crippen MR) is 83.8 cm³/mol. The van der Waals surface area contributed by atoms with Crippen molar-refractivity contribution >= 4 is 23.1 Å². The SMILES string of the molecule is Cc1cccc(N2CCCC(NC(=O)c3cncs3)C2)n1. The largest absolute Gasteiger partial charge is 0.355 e. The second-order valence-electron chi connectivity index (χ2n) is 5.26. The van der Waals surface area contributed by atoms with Gasteiger partial charge in [-0.05, 0) is 31.9 Å². The molecule has 0 aromatic carbocycles. The van der Waals surface area contributed by atoms with Crippen LogP contribution in [-0.4, -0.2) is 35.0 Å². The molecule has 1 N–H and O–H groups in total. The van der Waals surface area contributed by atoms with E-state index in [0.29, 0.717) is 4.88 Å². The number of aromatic nitrogens is 2. The lowest BCUT2D eigenvalue weighted by molar-refractivity contribution is 0.0937. The highest BCUT2D eigenvalue weighted by atomic mass is 32.1. The van der Waals surface area contributed by atoms with E-state index in [-0.39, 0.29) is 11.9 Å². The predicted octanol–water partition coefficient (Wildman–Crippen LogP) is 2.25. The fourth-order valence-corrected chi connectivity index (χ4v) is 3.12. The lowest BCUT2D eigenvalue weighted by Gasteiger charge is -2.34. The van der Waals surface area contributed by atoms with Gasteiger partial charge in [-0.2, -0.15) is 0 Å². The Labute approximate surface area is 128 Å². The molecule has 1 atom stereocenters. The third kappa shape index (κ3) is 3.39. The highest BCUT2D eigenvalue weighted by Gasteiger charge is 2.23. The van der Waals surface area contributed by atoms with E-state index in [0.717, 1.165) is 37.4 Å². The fraction of sp³-hybridized carbons (Fsp3) is 0.400. The molecule has 5 nitrogen and oxygen atoms in total. The zero-order valence-electron chi connectivity index (χ0n) is 12.0. The van der Waals surface area contributed by atoms with E-state index in [1.54, 1.807) is 11.7 Å². The van der Waals surface area contributed by atoms with Crippen molar-refractivity contribution in [1.82, 2.24) is 15.3 Å². The molecule has 1 saturated heterocycles. The number of nitrogens with one attached hydrogen (secondary N) is 1. The van der Waals surface area contributed by atoms with Crippen LogP contribution in [0, 0.1) is 6.92 Å². The Morgan fingerprint density at radius 2 is 2.38 bits per heavy atom. The maximum Gasteiger partial charge on any atom is 0.263 e. The first kappa shape index (κ1) is 14.0. The second-order valence-corrected chi connectivity index (χ2v) is 6.15. The van der Waals surface area contributed by atoms with Gasteiger partial charge in [-0.15, -0.1) is 11.3 Å². The summed E-state index contributed by atoms with van der Waals surface area (Å²) in [5.41, 5.74) is 2.70. The molecule has 0 saturated carbocycles. The number of hydrogen-bond acceptors (Lipinski definition) is 5. The Hall–Kier alpha value is -1.95. The maximum absolute atomic E-state index is 12.1. The Morgan fingerprint density at radius 1 is 1.48 bits per heavy atom. The van der Waals surface area contributed by atoms with Crippen LogP contribution in [0.5, 0.6) is 0 Å². The standard InChI is InChI=1S/C15H18N4OS/c1-11-4-2-6-14(17-11)19-7-3-5-12(9-19)18-15(20)13-8-16-10-21-13/h2,4,6,8,10,12H,3,5,7,9H2,1H3,(H,18,20). The van der Waals surface area contributed by atoms with E-state index in [1.807, 2.05) is 25.1 Å². The molecule has 1 aliphatic rings. The second kappa shape index (κ2) is 6.22. The van der Waals surface area contributed by atoms with E-state index in [9.17, 15) is 4.79 Å². The third-order valence-corrected chi connectivity index (χ3v) is 4.38. The molecule has 110 valence electrons. The van der Waals surface area contributed by atoms with E-state index in [1.165, 1.54) is 11.3 Å². The van der Waals surface area contributed by atoms with Gasteiger partial charge in [0.25, 0.3) is 5.91 Å². The lowest BCUT2D eigenvalue weighted by Crippen LogP contribution is -2.48. The minimum absolute atomic E-state index is 0.0263. The first-order chi connectivity index (χ1) is 10.2. The van der Waals surface area contributed by atoms with Crippen molar-refractivity contribution < 1.29 is 4.79 Å². The van der Waals surface area contributed by atoms with Gasteiger partial charge >= 0.3 is 0 Å². The summed E-state index contributed by atoms with van der Waals surface area (Å²) in [4.78, 5) is 23.5. The Bertz CT molecular complexity index is 614. The summed E-state index contributed by atoms with van der Waals surface area (Å²) >= 11 is 1.37. The van der Waals surface area contributed by atoms with Crippen molar-refractivity contribution in [2.24, 2.45) is 0 Å². The summed E-state index contributed by atoms with van der Waals surface area (Å²) in [5.74, 6) is 0.966. The summed E-state index contributed by atoms with van der Waals surface area (Å²) in [6, 6.07) is 6.21. The molecule has 6 heteroatoms. The number of aryl methyl sites for hydroxylation is 1. The van der Waals surface area contributed by atoms with Crippen LogP contribution in [0.25, 0.3) is 0 Å². The number of rotatable bonds is 3. The van der Waals surface area contributed by atoms with E-state index < -0.39 is 0 Å². The Kier molecular flexibility index (Phi) is 4.15. The molecule has 21 heavy (non-hydrogen) atoms. The fourth-order valence-electron chi connectivity index (χ4n) is 2.59. The quantitative estimate of drug-likeness (QED) is 0.945. The minimum atomic E-state index is -0.0263. The number of piperidine rings is 1. The van der Waals surface area contributed by atoms with E-state index >= 15 is 0 Å². The van der Waals surface area contributed by atoms with Gasteiger partial charge < -0.3 is 10.2 Å². The van der Waals surface area contributed by atoms with E-state index in [2.05, 4.69) is 20.2 Å². The number of carbonyl (C=O) groups is 1. The van der Waals surface area contributed by atoms with Crippen LogP contribution in [0.1, 0.15) is 28.2 Å². The number of amides is 1. The topological polar surface area (TPSA) is 58.1 Å². The van der Waals surface area contributed by atoms with Gasteiger partial charge in [-0.25, -0.2) is 4.98 Å². The van der Waals surface area contributed by atoms with Crippen molar-refractivity contribution in [2.45, 2.75) is 25.8 Å². The Balaban J connectivity index is 1.64. The number of pyridine rings is 1. The van der Waals surface area contributed by atoms with Gasteiger partial charge in [0.15, 0.2) is 0 Å². The van der Waals surface area contributed by atoms with Crippen molar-refractivity contribution in [3.8, 4) is 0 Å². The molecule has 3 rings (SSSR count). The van der Waals surface area contributed by atoms with Crippen LogP contribution < -0.4 is 10.2 Å². The molecule has 1 fully saturated rings. The van der Waals surface area contributed by atoms with Crippen LogP contribution in [0.3, 0.4) is 0 Å². The average molecular weight is 302 g/mol. The number of hydrogen-bond donors (Lipinski definition) is 1. The number of carbonyl (C=O) groups excluding carboxylic acids is 1. The van der Waals surface area contributed by atoms with Gasteiger partial charge in [-0.3, -0.25) is 9.78 Å². The van der Waals surface area contributed by atoms with Gasteiger partial charge in [0, 0.05) is 24.8 Å². The van der Waals surface area contributed by atoms with Crippen molar-refractivity contribution in [3.05, 3.63) is 40.5 Å². The summed E-state index contributed by atoms with van der Waals surface area (Å²) in [6.45, 7) is 3.79. The van der Waals surface area contributed by atoms with Gasteiger partial charge in [0.05, 0.1) is 11.7 Å². The molecule has 0 radical (unpaired) electrons. The molecule has 1 amide bonds. The van der Waals surface area contributed by atoms with Crippen LogP contribution >= 0.6 is 11.3 Å². The van der Waals surface area contributed by atoms with Crippen molar-refractivity contribution in [1.29, 1.82) is 0 Å². The molecule has 0 bridgehead atoms. The maximum atomic E-state index is 12.1. The average Bonchev–Trinajstić information content (AvgIpc) is 3.02. The highest BCUT2D eigenvalue weighted by Crippen LogP contribution is 2.18. The monoisotopic (exact) mass is 302 g/mol. The van der Waals surface area contributed by atoms with Crippen LogP contribution in [0.15, 0.2) is 29.9 Å².